The minimum absolute atomic E-state index is 0.0530. The molecule has 0 radical (unpaired) electrons. The Morgan fingerprint density at radius 3 is 3.08 bits per heavy atom. The summed E-state index contributed by atoms with van der Waals surface area (Å²) in [6, 6.07) is 0.0530. The molecule has 0 fully saturated rings. The van der Waals surface area contributed by atoms with E-state index in [1.807, 2.05) is 17.8 Å². The molecule has 1 aromatic heterocycles. The van der Waals surface area contributed by atoms with Crippen LogP contribution in [0.5, 0.6) is 0 Å². The van der Waals surface area contributed by atoms with Gasteiger partial charge in [-0.15, -0.1) is 12.3 Å². The highest BCUT2D eigenvalue weighted by molar-refractivity contribution is 5.04. The molecule has 4 heteroatoms. The monoisotopic (exact) mass is 178 g/mol. The lowest BCUT2D eigenvalue weighted by molar-refractivity contribution is 0.513. The van der Waals surface area contributed by atoms with E-state index in [0.29, 0.717) is 6.42 Å². The van der Waals surface area contributed by atoms with Crippen molar-refractivity contribution < 1.29 is 0 Å². The zero-order chi connectivity index (χ0) is 9.68. The van der Waals surface area contributed by atoms with Crippen molar-refractivity contribution in [3.05, 3.63) is 18.2 Å². The van der Waals surface area contributed by atoms with Crippen molar-refractivity contribution >= 4 is 0 Å². The Hall–Kier alpha value is -1.31. The number of rotatable bonds is 4. The minimum atomic E-state index is 0.0530. The molecule has 3 N–H and O–H groups in total. The zero-order valence-electron chi connectivity index (χ0n) is 7.70. The topological polar surface area (TPSA) is 55.9 Å². The highest BCUT2D eigenvalue weighted by Crippen LogP contribution is 2.14. The maximum atomic E-state index is 5.39. The number of nitrogens with two attached hydrogens (primary N) is 1. The average molecular weight is 178 g/mol. The summed E-state index contributed by atoms with van der Waals surface area (Å²) in [5.41, 5.74) is 3.63. The van der Waals surface area contributed by atoms with Crippen LogP contribution in [0, 0.1) is 12.3 Å². The third-order valence-corrected chi connectivity index (χ3v) is 1.86. The Morgan fingerprint density at radius 2 is 2.62 bits per heavy atom. The van der Waals surface area contributed by atoms with Crippen LogP contribution in [0.15, 0.2) is 12.5 Å². The predicted molar refractivity (Wildman–Crippen MR) is 51.3 cm³/mol. The average Bonchev–Trinajstić information content (AvgIpc) is 2.54. The third kappa shape index (κ3) is 2.58. The van der Waals surface area contributed by atoms with E-state index in [1.165, 1.54) is 0 Å². The van der Waals surface area contributed by atoms with Crippen LogP contribution in [0.3, 0.4) is 0 Å². The van der Waals surface area contributed by atoms with Gasteiger partial charge in [0.05, 0.1) is 18.1 Å². The fourth-order valence-corrected chi connectivity index (χ4v) is 1.16. The number of terminal acetylenes is 1. The normalized spacial score (nSPS) is 12.4. The van der Waals surface area contributed by atoms with Gasteiger partial charge in [-0.1, -0.05) is 0 Å². The number of hydrogen-bond acceptors (Lipinski definition) is 3. The fraction of sp³-hybridized carbons (Fsp3) is 0.444. The summed E-state index contributed by atoms with van der Waals surface area (Å²) in [7, 11) is 1.92. The Kier molecular flexibility index (Phi) is 3.50. The van der Waals surface area contributed by atoms with Crippen LogP contribution in [0.1, 0.15) is 24.6 Å². The lowest BCUT2D eigenvalue weighted by Gasteiger charge is -2.10. The lowest BCUT2D eigenvalue weighted by Crippen LogP contribution is -2.28. The number of aryl methyl sites for hydroxylation is 1. The SMILES string of the molecule is C#CCCC(NN)c1cn(C)cn1. The van der Waals surface area contributed by atoms with Crippen LogP contribution in [0.25, 0.3) is 0 Å². The molecule has 70 valence electrons. The molecule has 0 saturated carbocycles. The second-order valence-corrected chi connectivity index (χ2v) is 2.93. The minimum Gasteiger partial charge on any atom is -0.340 e. The first-order valence-electron chi connectivity index (χ1n) is 4.15. The lowest BCUT2D eigenvalue weighted by atomic mass is 10.1. The number of imidazole rings is 1. The number of aromatic nitrogens is 2. The van der Waals surface area contributed by atoms with Crippen LogP contribution in [0.2, 0.25) is 0 Å². The maximum absolute atomic E-state index is 5.39. The van der Waals surface area contributed by atoms with E-state index in [-0.39, 0.29) is 6.04 Å². The molecule has 1 aromatic rings. The molecule has 0 aromatic carbocycles. The molecular formula is C9H14N4. The van der Waals surface area contributed by atoms with Gasteiger partial charge in [-0.3, -0.25) is 11.3 Å². The van der Waals surface area contributed by atoms with Crippen molar-refractivity contribution in [1.82, 2.24) is 15.0 Å². The number of hydrazine groups is 1. The predicted octanol–water partition coefficient (Wildman–Crippen LogP) is 0.338. The smallest absolute Gasteiger partial charge is 0.0947 e. The van der Waals surface area contributed by atoms with E-state index < -0.39 is 0 Å². The Labute approximate surface area is 78.1 Å². The number of nitrogens with zero attached hydrogens (tertiary/aromatic N) is 2. The highest BCUT2D eigenvalue weighted by Gasteiger charge is 2.10. The van der Waals surface area contributed by atoms with Gasteiger partial charge in [0.2, 0.25) is 0 Å². The molecule has 0 aliphatic carbocycles. The van der Waals surface area contributed by atoms with Gasteiger partial charge in [0.15, 0.2) is 0 Å². The van der Waals surface area contributed by atoms with Crippen molar-refractivity contribution in [2.24, 2.45) is 12.9 Å². The van der Waals surface area contributed by atoms with Gasteiger partial charge < -0.3 is 4.57 Å². The highest BCUT2D eigenvalue weighted by atomic mass is 15.2. The zero-order valence-corrected chi connectivity index (χ0v) is 7.70. The van der Waals surface area contributed by atoms with Gasteiger partial charge in [0.25, 0.3) is 0 Å². The summed E-state index contributed by atoms with van der Waals surface area (Å²) in [6.45, 7) is 0. The molecule has 0 aliphatic rings. The van der Waals surface area contributed by atoms with Crippen LogP contribution >= 0.6 is 0 Å². The molecule has 4 nitrogen and oxygen atoms in total. The first kappa shape index (κ1) is 9.78. The largest absolute Gasteiger partial charge is 0.340 e. The van der Waals surface area contributed by atoms with Crippen molar-refractivity contribution in [3.63, 3.8) is 0 Å². The molecule has 0 spiro atoms. The van der Waals surface area contributed by atoms with Gasteiger partial charge in [-0.25, -0.2) is 4.98 Å². The third-order valence-electron chi connectivity index (χ3n) is 1.86. The molecule has 0 aliphatic heterocycles. The van der Waals surface area contributed by atoms with Crippen LogP contribution in [0.4, 0.5) is 0 Å². The van der Waals surface area contributed by atoms with E-state index >= 15 is 0 Å². The van der Waals surface area contributed by atoms with E-state index in [1.54, 1.807) is 6.33 Å². The summed E-state index contributed by atoms with van der Waals surface area (Å²) >= 11 is 0. The fourth-order valence-electron chi connectivity index (χ4n) is 1.16. The second kappa shape index (κ2) is 4.65. The first-order chi connectivity index (χ1) is 6.27. The van der Waals surface area contributed by atoms with Gasteiger partial charge in [0, 0.05) is 19.7 Å². The molecule has 0 bridgehead atoms. The van der Waals surface area contributed by atoms with Crippen molar-refractivity contribution in [2.75, 3.05) is 0 Å². The van der Waals surface area contributed by atoms with E-state index in [9.17, 15) is 0 Å². The summed E-state index contributed by atoms with van der Waals surface area (Å²) < 4.78 is 1.88. The van der Waals surface area contributed by atoms with Crippen LogP contribution < -0.4 is 11.3 Å². The maximum Gasteiger partial charge on any atom is 0.0947 e. The van der Waals surface area contributed by atoms with Gasteiger partial charge in [-0.05, 0) is 6.42 Å². The van der Waals surface area contributed by atoms with Crippen LogP contribution in [-0.4, -0.2) is 9.55 Å². The van der Waals surface area contributed by atoms with Gasteiger partial charge >= 0.3 is 0 Å². The summed E-state index contributed by atoms with van der Waals surface area (Å²) in [6.07, 6.45) is 10.4. The van der Waals surface area contributed by atoms with Crippen molar-refractivity contribution in [1.29, 1.82) is 0 Å². The van der Waals surface area contributed by atoms with Gasteiger partial charge in [0.1, 0.15) is 0 Å². The number of hydrogen-bond donors (Lipinski definition) is 2. The molecule has 1 unspecified atom stereocenters. The molecule has 0 amide bonds. The van der Waals surface area contributed by atoms with Crippen molar-refractivity contribution in [2.45, 2.75) is 18.9 Å². The second-order valence-electron chi connectivity index (χ2n) is 2.93. The molecule has 13 heavy (non-hydrogen) atoms. The quantitative estimate of drug-likeness (QED) is 0.397. The molecule has 1 rings (SSSR count). The molecule has 1 heterocycles. The molecular weight excluding hydrogens is 164 g/mol. The summed E-state index contributed by atoms with van der Waals surface area (Å²) in [4.78, 5) is 4.19. The Bertz CT molecular complexity index is 297. The first-order valence-corrected chi connectivity index (χ1v) is 4.15. The van der Waals surface area contributed by atoms with E-state index in [2.05, 4.69) is 16.3 Å². The number of nitrogens with one attached hydrogen (secondary N) is 1. The van der Waals surface area contributed by atoms with E-state index in [0.717, 1.165) is 12.1 Å². The van der Waals surface area contributed by atoms with Crippen molar-refractivity contribution in [3.8, 4) is 12.3 Å². The standard InChI is InChI=1S/C9H14N4/c1-3-4-5-8(12-10)9-6-13(2)7-11-9/h1,6-8,12H,4-5,10H2,2H3. The summed E-state index contributed by atoms with van der Waals surface area (Å²) in [5.74, 6) is 7.97. The Morgan fingerprint density at radius 1 is 1.85 bits per heavy atom. The molecule has 1 atom stereocenters. The Balaban J connectivity index is 2.62. The van der Waals surface area contributed by atoms with Crippen LogP contribution in [-0.2, 0) is 7.05 Å². The van der Waals surface area contributed by atoms with E-state index in [4.69, 9.17) is 12.3 Å². The van der Waals surface area contributed by atoms with Gasteiger partial charge in [-0.2, -0.15) is 0 Å². The summed E-state index contributed by atoms with van der Waals surface area (Å²) in [5, 5.41) is 0. The molecule has 0 saturated heterocycles.